The van der Waals surface area contributed by atoms with E-state index in [4.69, 9.17) is 4.74 Å². The number of benzene rings is 2. The maximum absolute atomic E-state index is 13.0. The summed E-state index contributed by atoms with van der Waals surface area (Å²) in [6, 6.07) is 15.5. The molecule has 0 radical (unpaired) electrons. The quantitative estimate of drug-likeness (QED) is 0.568. The molecular formula is C24H22N2O4S. The van der Waals surface area contributed by atoms with E-state index in [1.807, 2.05) is 5.38 Å². The molecule has 1 fully saturated rings. The Kier molecular flexibility index (Phi) is 6.13. The summed E-state index contributed by atoms with van der Waals surface area (Å²) < 4.78 is 5.43. The first-order chi connectivity index (χ1) is 15.1. The molecule has 2 aromatic carbocycles. The van der Waals surface area contributed by atoms with Gasteiger partial charge in [-0.3, -0.25) is 14.4 Å². The predicted octanol–water partition coefficient (Wildman–Crippen LogP) is 4.76. The van der Waals surface area contributed by atoms with Gasteiger partial charge in [-0.05, 0) is 48.6 Å². The number of ketones is 1. The standard InChI is InChI=1S/C24H22N2O4S/c1-30-20-12-11-16(15-19(20)26-13-5-4-10-22(26)27)25-24(29)18-8-3-2-7-17(18)23(28)21-9-6-14-31-21/h2-3,6-9,11-12,14-15H,4-5,10,13H2,1H3,(H,25,29). The van der Waals surface area contributed by atoms with E-state index in [2.05, 4.69) is 5.32 Å². The lowest BCUT2D eigenvalue weighted by Gasteiger charge is -2.28. The zero-order valence-corrected chi connectivity index (χ0v) is 17.9. The van der Waals surface area contributed by atoms with Gasteiger partial charge < -0.3 is 15.0 Å². The zero-order valence-electron chi connectivity index (χ0n) is 17.1. The zero-order chi connectivity index (χ0) is 21.8. The van der Waals surface area contributed by atoms with Gasteiger partial charge in [-0.25, -0.2) is 0 Å². The number of nitrogens with zero attached hydrogens (tertiary/aromatic N) is 1. The molecule has 6 nitrogen and oxygen atoms in total. The monoisotopic (exact) mass is 434 g/mol. The van der Waals surface area contributed by atoms with E-state index in [0.29, 0.717) is 46.1 Å². The van der Waals surface area contributed by atoms with Crippen LogP contribution in [0.3, 0.4) is 0 Å². The first kappa shape index (κ1) is 20.8. The third kappa shape index (κ3) is 4.36. The number of hydrogen-bond acceptors (Lipinski definition) is 5. The van der Waals surface area contributed by atoms with Crippen LogP contribution in [0.15, 0.2) is 60.0 Å². The fourth-order valence-electron chi connectivity index (χ4n) is 3.66. The van der Waals surface area contributed by atoms with Gasteiger partial charge in [-0.2, -0.15) is 0 Å². The highest BCUT2D eigenvalue weighted by atomic mass is 32.1. The van der Waals surface area contributed by atoms with Crippen LogP contribution in [0.4, 0.5) is 11.4 Å². The summed E-state index contributed by atoms with van der Waals surface area (Å²) in [6.07, 6.45) is 2.30. The fraction of sp³-hybridized carbons (Fsp3) is 0.208. The molecule has 31 heavy (non-hydrogen) atoms. The Hall–Kier alpha value is -3.45. The Morgan fingerprint density at radius 1 is 1.03 bits per heavy atom. The Labute approximate surface area is 184 Å². The Balaban J connectivity index is 1.62. The van der Waals surface area contributed by atoms with Crippen molar-refractivity contribution in [1.82, 2.24) is 0 Å². The van der Waals surface area contributed by atoms with Gasteiger partial charge in [0.25, 0.3) is 5.91 Å². The van der Waals surface area contributed by atoms with Gasteiger partial charge in [0.1, 0.15) is 5.75 Å². The molecule has 158 valence electrons. The summed E-state index contributed by atoms with van der Waals surface area (Å²) in [6.45, 7) is 0.616. The van der Waals surface area contributed by atoms with Gasteiger partial charge in [0.15, 0.2) is 0 Å². The van der Waals surface area contributed by atoms with Crippen molar-refractivity contribution in [1.29, 1.82) is 0 Å². The first-order valence-corrected chi connectivity index (χ1v) is 10.9. The Morgan fingerprint density at radius 2 is 1.84 bits per heavy atom. The number of piperidine rings is 1. The van der Waals surface area contributed by atoms with Crippen LogP contribution in [0.1, 0.15) is 44.9 Å². The topological polar surface area (TPSA) is 75.7 Å². The molecule has 0 saturated carbocycles. The lowest BCUT2D eigenvalue weighted by Crippen LogP contribution is -2.35. The van der Waals surface area contributed by atoms with Gasteiger partial charge in [0, 0.05) is 24.2 Å². The lowest BCUT2D eigenvalue weighted by molar-refractivity contribution is -0.119. The van der Waals surface area contributed by atoms with E-state index in [1.165, 1.54) is 11.3 Å². The highest BCUT2D eigenvalue weighted by molar-refractivity contribution is 7.12. The van der Waals surface area contributed by atoms with Gasteiger partial charge in [-0.15, -0.1) is 11.3 Å². The fourth-order valence-corrected chi connectivity index (χ4v) is 4.34. The van der Waals surface area contributed by atoms with Crippen molar-refractivity contribution in [2.45, 2.75) is 19.3 Å². The Morgan fingerprint density at radius 3 is 2.55 bits per heavy atom. The number of hydrogen-bond donors (Lipinski definition) is 1. The number of carbonyl (C=O) groups is 3. The summed E-state index contributed by atoms with van der Waals surface area (Å²) in [7, 11) is 1.55. The molecule has 2 amide bonds. The molecule has 1 N–H and O–H groups in total. The van der Waals surface area contributed by atoms with Crippen LogP contribution in [0.2, 0.25) is 0 Å². The van der Waals surface area contributed by atoms with Gasteiger partial charge in [0.2, 0.25) is 11.7 Å². The average Bonchev–Trinajstić information content (AvgIpc) is 3.34. The summed E-state index contributed by atoms with van der Waals surface area (Å²) in [4.78, 5) is 40.6. The number of carbonyl (C=O) groups excluding carboxylic acids is 3. The van der Waals surface area contributed by atoms with Crippen LogP contribution >= 0.6 is 11.3 Å². The molecule has 1 aliphatic heterocycles. The maximum atomic E-state index is 13.0. The minimum absolute atomic E-state index is 0.0416. The molecular weight excluding hydrogens is 412 g/mol. The second kappa shape index (κ2) is 9.14. The number of anilines is 2. The van der Waals surface area contributed by atoms with E-state index in [0.717, 1.165) is 12.8 Å². The molecule has 2 heterocycles. The van der Waals surface area contributed by atoms with Crippen LogP contribution in [0.25, 0.3) is 0 Å². The average molecular weight is 435 g/mol. The van der Waals surface area contributed by atoms with Crippen molar-refractivity contribution in [3.63, 3.8) is 0 Å². The molecule has 1 aliphatic rings. The third-order valence-corrected chi connectivity index (χ3v) is 6.08. The molecule has 0 bridgehead atoms. The highest BCUT2D eigenvalue weighted by Gasteiger charge is 2.24. The van der Waals surface area contributed by atoms with E-state index >= 15 is 0 Å². The van der Waals surface area contributed by atoms with E-state index in [-0.39, 0.29) is 17.6 Å². The number of nitrogens with one attached hydrogen (secondary N) is 1. The molecule has 3 aromatic rings. The molecule has 0 aliphatic carbocycles. The van der Waals surface area contributed by atoms with Crippen molar-refractivity contribution in [3.05, 3.63) is 76.0 Å². The van der Waals surface area contributed by atoms with Crippen molar-refractivity contribution >= 4 is 40.3 Å². The second-order valence-electron chi connectivity index (χ2n) is 7.20. The number of ether oxygens (including phenoxy) is 1. The smallest absolute Gasteiger partial charge is 0.256 e. The van der Waals surface area contributed by atoms with E-state index < -0.39 is 0 Å². The third-order valence-electron chi connectivity index (χ3n) is 5.21. The van der Waals surface area contributed by atoms with Crippen molar-refractivity contribution in [2.75, 3.05) is 23.9 Å². The minimum Gasteiger partial charge on any atom is -0.495 e. The summed E-state index contributed by atoms with van der Waals surface area (Å²) >= 11 is 1.34. The molecule has 7 heteroatoms. The molecule has 0 unspecified atom stereocenters. The van der Waals surface area contributed by atoms with Crippen LogP contribution in [-0.4, -0.2) is 31.3 Å². The molecule has 0 spiro atoms. The summed E-state index contributed by atoms with van der Waals surface area (Å²) in [5, 5.41) is 4.69. The number of thiophene rings is 1. The highest BCUT2D eigenvalue weighted by Crippen LogP contribution is 2.34. The van der Waals surface area contributed by atoms with E-state index in [1.54, 1.807) is 66.6 Å². The molecule has 4 rings (SSSR count). The predicted molar refractivity (Wildman–Crippen MR) is 121 cm³/mol. The summed E-state index contributed by atoms with van der Waals surface area (Å²) in [5.74, 6) is 0.0399. The summed E-state index contributed by atoms with van der Waals surface area (Å²) in [5.41, 5.74) is 1.81. The molecule has 0 atom stereocenters. The van der Waals surface area contributed by atoms with Crippen LogP contribution in [0.5, 0.6) is 5.75 Å². The lowest BCUT2D eigenvalue weighted by atomic mass is 10.0. The number of methoxy groups -OCH3 is 1. The molecule has 1 aromatic heterocycles. The SMILES string of the molecule is COc1ccc(NC(=O)c2ccccc2C(=O)c2cccs2)cc1N1CCCCC1=O. The maximum Gasteiger partial charge on any atom is 0.256 e. The van der Waals surface area contributed by atoms with Crippen molar-refractivity contribution in [3.8, 4) is 5.75 Å². The van der Waals surface area contributed by atoms with Crippen LogP contribution in [-0.2, 0) is 4.79 Å². The normalized spacial score (nSPS) is 13.7. The largest absolute Gasteiger partial charge is 0.495 e. The number of rotatable bonds is 6. The van der Waals surface area contributed by atoms with Crippen molar-refractivity contribution in [2.24, 2.45) is 0 Å². The van der Waals surface area contributed by atoms with Gasteiger partial charge >= 0.3 is 0 Å². The van der Waals surface area contributed by atoms with Gasteiger partial charge in [0.05, 0.1) is 23.2 Å². The Bertz CT molecular complexity index is 1120. The second-order valence-corrected chi connectivity index (χ2v) is 8.14. The first-order valence-electron chi connectivity index (χ1n) is 10.1. The molecule has 1 saturated heterocycles. The van der Waals surface area contributed by atoms with Crippen LogP contribution in [0, 0.1) is 0 Å². The minimum atomic E-state index is -0.387. The number of amides is 2. The van der Waals surface area contributed by atoms with E-state index in [9.17, 15) is 14.4 Å². The van der Waals surface area contributed by atoms with Crippen LogP contribution < -0.4 is 15.0 Å². The van der Waals surface area contributed by atoms with Crippen molar-refractivity contribution < 1.29 is 19.1 Å². The van der Waals surface area contributed by atoms with Gasteiger partial charge in [-0.1, -0.05) is 24.3 Å².